The summed E-state index contributed by atoms with van der Waals surface area (Å²) in [6.45, 7) is 5.85. The first-order valence-electron chi connectivity index (χ1n) is 11.5. The number of likely N-dealkylation sites (tertiary alicyclic amines) is 1. The smallest absolute Gasteiger partial charge is 0.280 e. The van der Waals surface area contributed by atoms with Crippen molar-refractivity contribution >= 4 is 45.0 Å². The highest BCUT2D eigenvalue weighted by atomic mass is 32.2. The van der Waals surface area contributed by atoms with Crippen LogP contribution in [0.25, 0.3) is 21.2 Å². The van der Waals surface area contributed by atoms with E-state index in [0.717, 1.165) is 30.6 Å². The molecule has 4 rings (SSSR count). The summed E-state index contributed by atoms with van der Waals surface area (Å²) < 4.78 is 21.6. The number of benzene rings is 2. The van der Waals surface area contributed by atoms with Crippen molar-refractivity contribution in [2.75, 3.05) is 13.1 Å². The Labute approximate surface area is 210 Å². The standard InChI is InChI=1S/C25H29N3O5S2/c1-15-8-6-7-13-28(15)24(30)20-21(34-23(27-20)22(29)26-14-25(2,3)31)18-11-12-19(35(32)33)17-10-5-4-9-16(17)18/h4-5,9-12,15,31H,6-8,13-14H2,1-3H3,(H,26,29)(H,32,33). The first-order valence-corrected chi connectivity index (χ1v) is 13.4. The predicted molar refractivity (Wildman–Crippen MR) is 137 cm³/mol. The first kappa shape index (κ1) is 25.4. The number of piperidine rings is 1. The third kappa shape index (κ3) is 5.45. The van der Waals surface area contributed by atoms with Gasteiger partial charge in [0.1, 0.15) is 5.69 Å². The number of aromatic nitrogens is 1. The molecular weight excluding hydrogens is 486 g/mol. The van der Waals surface area contributed by atoms with Gasteiger partial charge in [0.2, 0.25) is 0 Å². The fraction of sp³-hybridized carbons (Fsp3) is 0.400. The van der Waals surface area contributed by atoms with Crippen LogP contribution >= 0.6 is 11.3 Å². The van der Waals surface area contributed by atoms with Gasteiger partial charge >= 0.3 is 0 Å². The predicted octanol–water partition coefficient (Wildman–Crippen LogP) is 4.06. The van der Waals surface area contributed by atoms with Gasteiger partial charge < -0.3 is 19.9 Å². The Bertz CT molecular complexity index is 1300. The van der Waals surface area contributed by atoms with Crippen LogP contribution in [0.3, 0.4) is 0 Å². The minimum absolute atomic E-state index is 0.0348. The van der Waals surface area contributed by atoms with Crippen molar-refractivity contribution < 1.29 is 23.5 Å². The molecule has 1 aliphatic rings. The van der Waals surface area contributed by atoms with Crippen molar-refractivity contribution in [3.8, 4) is 10.4 Å². The number of rotatable bonds is 6. The highest BCUT2D eigenvalue weighted by Gasteiger charge is 2.31. The van der Waals surface area contributed by atoms with E-state index in [0.29, 0.717) is 27.8 Å². The molecule has 1 saturated heterocycles. The quantitative estimate of drug-likeness (QED) is 0.426. The van der Waals surface area contributed by atoms with Gasteiger partial charge in [-0.05, 0) is 51.5 Å². The number of amides is 2. The summed E-state index contributed by atoms with van der Waals surface area (Å²) >= 11 is -1.08. The molecule has 1 aromatic heterocycles. The Balaban J connectivity index is 1.85. The van der Waals surface area contributed by atoms with Crippen LogP contribution in [0.2, 0.25) is 0 Å². The van der Waals surface area contributed by atoms with E-state index >= 15 is 0 Å². The molecule has 1 aliphatic heterocycles. The van der Waals surface area contributed by atoms with Crippen LogP contribution < -0.4 is 5.32 Å². The van der Waals surface area contributed by atoms with Crippen LogP contribution in [-0.2, 0) is 11.1 Å². The summed E-state index contributed by atoms with van der Waals surface area (Å²) in [5.41, 5.74) is -0.231. The van der Waals surface area contributed by atoms with E-state index in [4.69, 9.17) is 0 Å². The van der Waals surface area contributed by atoms with Gasteiger partial charge in [0, 0.05) is 30.1 Å². The fourth-order valence-electron chi connectivity index (χ4n) is 4.27. The Morgan fingerprint density at radius 3 is 2.57 bits per heavy atom. The van der Waals surface area contributed by atoms with Crippen LogP contribution in [0.4, 0.5) is 0 Å². The molecule has 2 unspecified atom stereocenters. The van der Waals surface area contributed by atoms with Crippen LogP contribution in [0.1, 0.15) is 60.3 Å². The van der Waals surface area contributed by atoms with Crippen LogP contribution in [0, 0.1) is 0 Å². The Hall–Kier alpha value is -2.66. The number of carbonyl (C=O) groups is 2. The van der Waals surface area contributed by atoms with E-state index < -0.39 is 22.6 Å². The molecule has 0 spiro atoms. The summed E-state index contributed by atoms with van der Waals surface area (Å²) in [6.07, 6.45) is 2.88. The fourth-order valence-corrected chi connectivity index (χ4v) is 5.84. The van der Waals surface area contributed by atoms with Crippen molar-refractivity contribution in [3.63, 3.8) is 0 Å². The van der Waals surface area contributed by atoms with E-state index in [9.17, 15) is 23.5 Å². The molecule has 2 heterocycles. The topological polar surface area (TPSA) is 120 Å². The molecule has 0 bridgehead atoms. The summed E-state index contributed by atoms with van der Waals surface area (Å²) in [6, 6.07) is 10.5. The number of hydrogen-bond donors (Lipinski definition) is 3. The van der Waals surface area contributed by atoms with Crippen molar-refractivity contribution in [1.82, 2.24) is 15.2 Å². The molecule has 2 amide bonds. The zero-order valence-electron chi connectivity index (χ0n) is 19.9. The number of carbonyl (C=O) groups excluding carboxylic acids is 2. The molecule has 1 fully saturated rings. The molecule has 3 aromatic rings. The van der Waals surface area contributed by atoms with Crippen LogP contribution in [-0.4, -0.2) is 60.3 Å². The minimum atomic E-state index is -2.18. The number of fused-ring (bicyclic) bond motifs is 1. The molecule has 0 aliphatic carbocycles. The van der Waals surface area contributed by atoms with Gasteiger partial charge in [-0.3, -0.25) is 9.59 Å². The molecule has 186 valence electrons. The van der Waals surface area contributed by atoms with E-state index in [2.05, 4.69) is 10.3 Å². The lowest BCUT2D eigenvalue weighted by Crippen LogP contribution is -2.42. The van der Waals surface area contributed by atoms with Gasteiger partial charge in [0.25, 0.3) is 11.8 Å². The molecule has 8 nitrogen and oxygen atoms in total. The molecule has 10 heteroatoms. The van der Waals surface area contributed by atoms with Crippen molar-refractivity contribution in [2.45, 2.75) is 56.6 Å². The second-order valence-electron chi connectivity index (χ2n) is 9.44. The summed E-state index contributed by atoms with van der Waals surface area (Å²) in [7, 11) is 0. The summed E-state index contributed by atoms with van der Waals surface area (Å²) in [5.74, 6) is -0.703. The maximum absolute atomic E-state index is 13.7. The lowest BCUT2D eigenvalue weighted by molar-refractivity contribution is 0.0630. The maximum atomic E-state index is 13.7. The number of thiazole rings is 1. The van der Waals surface area contributed by atoms with Gasteiger partial charge in [-0.2, -0.15) is 0 Å². The number of nitrogens with zero attached hydrogens (tertiary/aromatic N) is 2. The van der Waals surface area contributed by atoms with Gasteiger partial charge in [-0.15, -0.1) is 11.3 Å². The van der Waals surface area contributed by atoms with Gasteiger partial charge in [0.15, 0.2) is 16.1 Å². The molecule has 0 saturated carbocycles. The van der Waals surface area contributed by atoms with Crippen molar-refractivity contribution in [3.05, 3.63) is 47.1 Å². The number of nitrogens with one attached hydrogen (secondary N) is 1. The summed E-state index contributed by atoms with van der Waals surface area (Å²) in [4.78, 5) is 33.7. The van der Waals surface area contributed by atoms with E-state index in [-0.39, 0.29) is 34.1 Å². The lowest BCUT2D eigenvalue weighted by Gasteiger charge is -2.33. The largest absolute Gasteiger partial charge is 0.389 e. The lowest BCUT2D eigenvalue weighted by atomic mass is 10.0. The molecule has 0 radical (unpaired) electrons. The van der Waals surface area contributed by atoms with Gasteiger partial charge in [-0.1, -0.05) is 30.3 Å². The highest BCUT2D eigenvalue weighted by molar-refractivity contribution is 7.79. The Morgan fingerprint density at radius 2 is 1.91 bits per heavy atom. The normalized spacial score (nSPS) is 17.4. The molecular formula is C25H29N3O5S2. The van der Waals surface area contributed by atoms with E-state index in [1.165, 1.54) is 0 Å². The highest BCUT2D eigenvalue weighted by Crippen LogP contribution is 2.38. The van der Waals surface area contributed by atoms with Gasteiger partial charge in [0.05, 0.1) is 15.4 Å². The average Bonchev–Trinajstić information content (AvgIpc) is 3.26. The molecule has 2 aromatic carbocycles. The number of hydrogen-bond acceptors (Lipinski definition) is 6. The maximum Gasteiger partial charge on any atom is 0.280 e. The second kappa shape index (κ2) is 10.1. The molecule has 2 atom stereocenters. The van der Waals surface area contributed by atoms with Crippen LogP contribution in [0.5, 0.6) is 0 Å². The SMILES string of the molecule is CC1CCCCN1C(=O)c1nc(C(=O)NCC(C)(C)O)sc1-c1ccc(S(=O)O)c2ccccc12. The zero-order valence-corrected chi connectivity index (χ0v) is 21.5. The summed E-state index contributed by atoms with van der Waals surface area (Å²) in [5, 5.41) is 14.1. The third-order valence-corrected chi connectivity index (χ3v) is 7.91. The number of aliphatic hydroxyl groups is 1. The second-order valence-corrected chi connectivity index (χ2v) is 11.4. The van der Waals surface area contributed by atoms with Crippen molar-refractivity contribution in [2.24, 2.45) is 0 Å². The van der Waals surface area contributed by atoms with Crippen molar-refractivity contribution in [1.29, 1.82) is 0 Å². The zero-order chi connectivity index (χ0) is 25.3. The monoisotopic (exact) mass is 515 g/mol. The third-order valence-electron chi connectivity index (χ3n) is 6.09. The average molecular weight is 516 g/mol. The first-order chi connectivity index (χ1) is 16.6. The minimum Gasteiger partial charge on any atom is -0.389 e. The van der Waals surface area contributed by atoms with Gasteiger partial charge in [-0.25, -0.2) is 9.19 Å². The van der Waals surface area contributed by atoms with Crippen LogP contribution in [0.15, 0.2) is 41.3 Å². The molecule has 3 N–H and O–H groups in total. The van der Waals surface area contributed by atoms with E-state index in [1.54, 1.807) is 43.0 Å². The molecule has 35 heavy (non-hydrogen) atoms. The van der Waals surface area contributed by atoms with E-state index in [1.807, 2.05) is 19.1 Å². The Morgan fingerprint density at radius 1 is 1.20 bits per heavy atom. The Kier molecular flexibility index (Phi) is 7.37.